The molecule has 1 atom stereocenters. The van der Waals surface area contributed by atoms with Crippen LogP contribution >= 0.6 is 11.8 Å². The first-order chi connectivity index (χ1) is 10.9. The quantitative estimate of drug-likeness (QED) is 0.335. The van der Waals surface area contributed by atoms with Crippen LogP contribution < -0.4 is 11.2 Å². The van der Waals surface area contributed by atoms with E-state index < -0.39 is 11.2 Å². The number of amidine groups is 1. The molecule has 0 aliphatic carbocycles. The van der Waals surface area contributed by atoms with Crippen LogP contribution in [0.4, 0.5) is 5.69 Å². The second-order valence-electron chi connectivity index (χ2n) is 4.78. The lowest BCUT2D eigenvalue weighted by molar-refractivity contribution is -0.118. The number of benzene rings is 1. The van der Waals surface area contributed by atoms with Gasteiger partial charge in [0.15, 0.2) is 11.0 Å². The molecule has 1 aliphatic heterocycles. The number of carbonyl (C=O) groups is 2. The maximum atomic E-state index is 11.9. The Labute approximate surface area is 137 Å². The van der Waals surface area contributed by atoms with E-state index in [1.54, 1.807) is 24.3 Å². The number of nitrogens with one attached hydrogen (secondary N) is 1. The van der Waals surface area contributed by atoms with Gasteiger partial charge in [0, 0.05) is 0 Å². The number of aliphatic hydroxyl groups excluding tert-OH is 1. The fourth-order valence-corrected chi connectivity index (χ4v) is 3.04. The number of aliphatic hydroxyl groups is 1. The zero-order valence-electron chi connectivity index (χ0n) is 12.6. The van der Waals surface area contributed by atoms with Crippen molar-refractivity contribution in [2.45, 2.75) is 19.1 Å². The number of ketones is 1. The van der Waals surface area contributed by atoms with E-state index >= 15 is 0 Å². The molecular formula is C15H16N4O3S. The van der Waals surface area contributed by atoms with Gasteiger partial charge in [-0.25, -0.2) is 10.4 Å². The number of nitrogens with two attached hydrogens (primary N) is 1. The molecule has 1 aromatic rings. The molecule has 0 fully saturated rings. The van der Waals surface area contributed by atoms with Gasteiger partial charge in [0.05, 0.1) is 11.3 Å². The van der Waals surface area contributed by atoms with Gasteiger partial charge < -0.3 is 10.8 Å². The highest BCUT2D eigenvalue weighted by Gasteiger charge is 2.32. The van der Waals surface area contributed by atoms with Crippen LogP contribution in [0.2, 0.25) is 0 Å². The molecular weight excluding hydrogens is 316 g/mol. The molecule has 2 rings (SSSR count). The summed E-state index contributed by atoms with van der Waals surface area (Å²) in [7, 11) is 0. The second kappa shape index (κ2) is 7.10. The van der Waals surface area contributed by atoms with E-state index in [9.17, 15) is 14.7 Å². The first kappa shape index (κ1) is 16.8. The maximum absolute atomic E-state index is 11.9. The molecule has 1 amide bonds. The first-order valence-electron chi connectivity index (χ1n) is 6.74. The smallest absolute Gasteiger partial charge is 0.261 e. The predicted molar refractivity (Wildman–Crippen MR) is 90.7 cm³/mol. The number of Topliss-reactive ketones (excluding diaryl/α,β-unsaturated/α-hetero) is 1. The number of nitrogens with zero attached hydrogens (tertiary/aromatic N) is 2. The van der Waals surface area contributed by atoms with E-state index in [-0.39, 0.29) is 28.0 Å². The fraction of sp³-hybridized carbons (Fsp3) is 0.200. The van der Waals surface area contributed by atoms with Crippen LogP contribution in [0.3, 0.4) is 0 Å². The van der Waals surface area contributed by atoms with Crippen molar-refractivity contribution in [2.24, 2.45) is 15.8 Å². The summed E-state index contributed by atoms with van der Waals surface area (Å²) in [5.74, 6) is -0.833. The van der Waals surface area contributed by atoms with Gasteiger partial charge in [-0.2, -0.15) is 5.10 Å². The number of hydrogen-bond acceptors (Lipinski definition) is 7. The molecule has 8 heteroatoms. The summed E-state index contributed by atoms with van der Waals surface area (Å²) >= 11 is 0.972. The van der Waals surface area contributed by atoms with Crippen LogP contribution in [-0.4, -0.2) is 32.9 Å². The summed E-state index contributed by atoms with van der Waals surface area (Å²) in [6.45, 7) is 2.71. The van der Waals surface area contributed by atoms with Gasteiger partial charge in [-0.1, -0.05) is 30.0 Å². The molecule has 0 saturated carbocycles. The van der Waals surface area contributed by atoms with Gasteiger partial charge in [-0.3, -0.25) is 9.59 Å². The van der Waals surface area contributed by atoms with Gasteiger partial charge in [-0.15, -0.1) is 0 Å². The minimum atomic E-state index is -0.800. The zero-order valence-corrected chi connectivity index (χ0v) is 13.4. The lowest BCUT2D eigenvalue weighted by Crippen LogP contribution is -2.32. The minimum Gasteiger partial charge on any atom is -0.512 e. The lowest BCUT2D eigenvalue weighted by atomic mass is 10.2. The van der Waals surface area contributed by atoms with Crippen LogP contribution in [0.25, 0.3) is 0 Å². The van der Waals surface area contributed by atoms with Crippen molar-refractivity contribution >= 4 is 40.0 Å². The number of amides is 1. The van der Waals surface area contributed by atoms with Crippen molar-refractivity contribution in [1.29, 1.82) is 0 Å². The van der Waals surface area contributed by atoms with Crippen molar-refractivity contribution in [2.75, 3.05) is 0 Å². The number of para-hydroxylation sites is 1. The molecule has 23 heavy (non-hydrogen) atoms. The van der Waals surface area contributed by atoms with Crippen LogP contribution in [0.1, 0.15) is 13.8 Å². The van der Waals surface area contributed by atoms with Gasteiger partial charge >= 0.3 is 0 Å². The number of hydrogen-bond donors (Lipinski definition) is 3. The highest BCUT2D eigenvalue weighted by atomic mass is 32.2. The predicted octanol–water partition coefficient (Wildman–Crippen LogP) is 1.64. The third kappa shape index (κ3) is 3.98. The van der Waals surface area contributed by atoms with E-state index in [2.05, 4.69) is 15.5 Å². The number of rotatable bonds is 4. The van der Waals surface area contributed by atoms with Crippen molar-refractivity contribution in [3.8, 4) is 0 Å². The van der Waals surface area contributed by atoms with Crippen LogP contribution in [-0.2, 0) is 9.59 Å². The van der Waals surface area contributed by atoms with E-state index in [1.807, 2.05) is 6.07 Å². The van der Waals surface area contributed by atoms with Crippen molar-refractivity contribution in [3.05, 3.63) is 41.7 Å². The topological polar surface area (TPSA) is 117 Å². The van der Waals surface area contributed by atoms with Crippen molar-refractivity contribution in [3.63, 3.8) is 0 Å². The molecule has 0 radical (unpaired) electrons. The summed E-state index contributed by atoms with van der Waals surface area (Å²) in [5.41, 5.74) is 8.60. The molecule has 120 valence electrons. The number of hydrazone groups is 1. The van der Waals surface area contributed by atoms with Gasteiger partial charge in [0.1, 0.15) is 16.6 Å². The molecule has 0 saturated heterocycles. The molecule has 4 N–H and O–H groups in total. The average Bonchev–Trinajstić information content (AvgIpc) is 2.79. The minimum absolute atomic E-state index is 0.0475. The zero-order chi connectivity index (χ0) is 17.0. The molecule has 7 nitrogen and oxygen atoms in total. The van der Waals surface area contributed by atoms with E-state index in [0.29, 0.717) is 5.69 Å². The van der Waals surface area contributed by atoms with E-state index in [1.165, 1.54) is 13.8 Å². The Kier molecular flexibility index (Phi) is 5.17. The van der Waals surface area contributed by atoms with Crippen molar-refractivity contribution in [1.82, 2.24) is 5.43 Å². The van der Waals surface area contributed by atoms with Crippen LogP contribution in [0.15, 0.2) is 51.8 Å². The lowest BCUT2D eigenvalue weighted by Gasteiger charge is -2.12. The van der Waals surface area contributed by atoms with Crippen LogP contribution in [0.5, 0.6) is 0 Å². The molecule has 1 aliphatic rings. The highest BCUT2D eigenvalue weighted by molar-refractivity contribution is 8.16. The highest BCUT2D eigenvalue weighted by Crippen LogP contribution is 2.26. The van der Waals surface area contributed by atoms with Gasteiger partial charge in [-0.05, 0) is 26.0 Å². The van der Waals surface area contributed by atoms with Crippen molar-refractivity contribution < 1.29 is 14.7 Å². The third-order valence-corrected chi connectivity index (χ3v) is 4.16. The molecule has 1 aromatic carbocycles. The summed E-state index contributed by atoms with van der Waals surface area (Å²) in [4.78, 5) is 28.1. The first-order valence-corrected chi connectivity index (χ1v) is 7.62. The molecule has 0 bridgehead atoms. The largest absolute Gasteiger partial charge is 0.512 e. The van der Waals surface area contributed by atoms with Gasteiger partial charge in [0.25, 0.3) is 5.91 Å². The average molecular weight is 332 g/mol. The van der Waals surface area contributed by atoms with E-state index in [0.717, 1.165) is 11.8 Å². The number of carbonyl (C=O) groups excluding carboxylic acids is 2. The van der Waals surface area contributed by atoms with Gasteiger partial charge in [0.2, 0.25) is 0 Å². The number of aliphatic imine (C=N–C) groups is 1. The maximum Gasteiger partial charge on any atom is 0.261 e. The Bertz CT molecular complexity index is 721. The summed E-state index contributed by atoms with van der Waals surface area (Å²) < 4.78 is 0. The molecule has 1 heterocycles. The number of thioether (sulfide) groups is 1. The third-order valence-electron chi connectivity index (χ3n) is 2.95. The summed E-state index contributed by atoms with van der Waals surface area (Å²) in [5, 5.41) is 12.9. The Morgan fingerprint density at radius 3 is 2.48 bits per heavy atom. The Balaban J connectivity index is 2.46. The Hall–Kier alpha value is -2.61. The SMILES string of the molecule is CC(=O)/C(C(=Nc1ccccc1)SC1C(=O)NN=C1N)=C(\C)O. The second-order valence-corrected chi connectivity index (χ2v) is 5.87. The summed E-state index contributed by atoms with van der Waals surface area (Å²) in [6.07, 6.45) is 0. The Morgan fingerprint density at radius 2 is 2.00 bits per heavy atom. The molecule has 0 spiro atoms. The number of allylic oxidation sites excluding steroid dienone is 1. The monoisotopic (exact) mass is 332 g/mol. The summed E-state index contributed by atoms with van der Waals surface area (Å²) in [6, 6.07) is 8.92. The van der Waals surface area contributed by atoms with E-state index in [4.69, 9.17) is 5.73 Å². The normalized spacial score (nSPS) is 19.0. The molecule has 0 aromatic heterocycles. The fourth-order valence-electron chi connectivity index (χ4n) is 1.92. The Morgan fingerprint density at radius 1 is 1.35 bits per heavy atom. The standard InChI is InChI=1S/C15H16N4O3S/c1-8(20)11(9(2)21)15(17-10-6-4-3-5-7-10)23-12-13(16)18-19-14(12)22/h3-7,12,20H,1-2H3,(H2,16,18)(H,19,22)/b11-8-,17-15?. The molecule has 1 unspecified atom stereocenters. The van der Waals surface area contributed by atoms with Crippen LogP contribution in [0, 0.1) is 0 Å².